The fourth-order valence-electron chi connectivity index (χ4n) is 3.39. The number of nitrogens with one attached hydrogen (secondary N) is 1. The number of sulfonamides is 1. The molecule has 1 N–H and O–H groups in total. The van der Waals surface area contributed by atoms with Gasteiger partial charge in [-0.2, -0.15) is 4.31 Å². The molecule has 7 heteroatoms. The van der Waals surface area contributed by atoms with Crippen LogP contribution in [0.3, 0.4) is 0 Å². The molecule has 2 aromatic rings. The van der Waals surface area contributed by atoms with Gasteiger partial charge >= 0.3 is 0 Å². The van der Waals surface area contributed by atoms with E-state index in [1.807, 2.05) is 6.92 Å². The minimum atomic E-state index is -3.56. The molecule has 0 aliphatic carbocycles. The minimum absolute atomic E-state index is 0.145. The van der Waals surface area contributed by atoms with Crippen LogP contribution in [0.2, 0.25) is 0 Å². The van der Waals surface area contributed by atoms with Gasteiger partial charge in [0, 0.05) is 24.2 Å². The third-order valence-electron chi connectivity index (χ3n) is 4.93. The summed E-state index contributed by atoms with van der Waals surface area (Å²) in [5.74, 6) is -0.202. The topological polar surface area (TPSA) is 83.5 Å². The summed E-state index contributed by atoms with van der Waals surface area (Å²) in [6.07, 6.45) is 1.89. The van der Waals surface area contributed by atoms with Crippen LogP contribution in [0.5, 0.6) is 0 Å². The van der Waals surface area contributed by atoms with Crippen LogP contribution in [-0.2, 0) is 10.0 Å². The van der Waals surface area contributed by atoms with Gasteiger partial charge in [-0.15, -0.1) is 0 Å². The van der Waals surface area contributed by atoms with Crippen molar-refractivity contribution in [2.24, 2.45) is 5.92 Å². The van der Waals surface area contributed by atoms with Crippen LogP contribution in [0.25, 0.3) is 0 Å². The molecule has 1 aliphatic rings. The fraction of sp³-hybridized carbons (Fsp3) is 0.333. The molecule has 0 aromatic heterocycles. The van der Waals surface area contributed by atoms with Gasteiger partial charge in [-0.1, -0.05) is 19.1 Å². The van der Waals surface area contributed by atoms with E-state index in [0.717, 1.165) is 12.8 Å². The van der Waals surface area contributed by atoms with E-state index in [2.05, 4.69) is 5.32 Å². The summed E-state index contributed by atoms with van der Waals surface area (Å²) < 4.78 is 27.1. The Hall–Kier alpha value is -2.51. The van der Waals surface area contributed by atoms with Gasteiger partial charge in [0.15, 0.2) is 5.78 Å². The monoisotopic (exact) mass is 400 g/mol. The van der Waals surface area contributed by atoms with Crippen molar-refractivity contribution < 1.29 is 18.0 Å². The first-order chi connectivity index (χ1) is 13.3. The summed E-state index contributed by atoms with van der Waals surface area (Å²) in [5, 5.41) is 2.72. The van der Waals surface area contributed by atoms with Crippen molar-refractivity contribution in [2.75, 3.05) is 18.4 Å². The number of hydrogen-bond acceptors (Lipinski definition) is 4. The molecule has 0 spiro atoms. The van der Waals surface area contributed by atoms with Crippen molar-refractivity contribution >= 4 is 27.4 Å². The van der Waals surface area contributed by atoms with Crippen LogP contribution in [0.1, 0.15) is 47.4 Å². The average Bonchev–Trinajstić information content (AvgIpc) is 2.68. The van der Waals surface area contributed by atoms with Crippen LogP contribution in [-0.4, -0.2) is 37.5 Å². The lowest BCUT2D eigenvalue weighted by atomic mass is 10.0. The van der Waals surface area contributed by atoms with Gasteiger partial charge < -0.3 is 5.32 Å². The summed E-state index contributed by atoms with van der Waals surface area (Å²) in [5.41, 5.74) is 1.18. The summed E-state index contributed by atoms with van der Waals surface area (Å²) >= 11 is 0. The Kier molecular flexibility index (Phi) is 5.96. The zero-order valence-corrected chi connectivity index (χ0v) is 16.8. The number of hydrogen-bond donors (Lipinski definition) is 1. The Morgan fingerprint density at radius 1 is 1.07 bits per heavy atom. The van der Waals surface area contributed by atoms with E-state index in [9.17, 15) is 18.0 Å². The maximum absolute atomic E-state index is 12.8. The molecule has 0 unspecified atom stereocenters. The van der Waals surface area contributed by atoms with E-state index in [1.54, 1.807) is 24.3 Å². The van der Waals surface area contributed by atoms with E-state index in [1.165, 1.54) is 35.5 Å². The summed E-state index contributed by atoms with van der Waals surface area (Å²) in [6.45, 7) is 4.53. The molecule has 28 heavy (non-hydrogen) atoms. The van der Waals surface area contributed by atoms with Crippen LogP contribution in [0.4, 0.5) is 5.69 Å². The number of amides is 1. The number of para-hydroxylation sites is 1. The Balaban J connectivity index is 1.77. The molecule has 148 valence electrons. The quantitative estimate of drug-likeness (QED) is 0.778. The molecular formula is C21H24N2O4S. The minimum Gasteiger partial charge on any atom is -0.321 e. The highest BCUT2D eigenvalue weighted by Crippen LogP contribution is 2.24. The predicted molar refractivity (Wildman–Crippen MR) is 108 cm³/mol. The van der Waals surface area contributed by atoms with Crippen LogP contribution >= 0.6 is 0 Å². The van der Waals surface area contributed by atoms with E-state index in [-0.39, 0.29) is 10.7 Å². The Bertz CT molecular complexity index is 984. The number of piperidine rings is 1. The first kappa shape index (κ1) is 20.2. The number of carbonyl (C=O) groups excluding carboxylic acids is 2. The summed E-state index contributed by atoms with van der Waals surface area (Å²) in [7, 11) is -3.56. The zero-order valence-electron chi connectivity index (χ0n) is 16.0. The van der Waals surface area contributed by atoms with Crippen molar-refractivity contribution in [3.05, 3.63) is 59.7 Å². The zero-order chi connectivity index (χ0) is 20.3. The number of carbonyl (C=O) groups is 2. The lowest BCUT2D eigenvalue weighted by Gasteiger charge is -2.30. The molecule has 0 saturated carbocycles. The second-order valence-electron chi connectivity index (χ2n) is 7.19. The third-order valence-corrected chi connectivity index (χ3v) is 6.81. The lowest BCUT2D eigenvalue weighted by Crippen LogP contribution is -2.39. The predicted octanol–water partition coefficient (Wildman–Crippen LogP) is 3.56. The van der Waals surface area contributed by atoms with E-state index < -0.39 is 15.9 Å². The standard InChI is InChI=1S/C21H24N2O4S/c1-15-6-5-13-23(14-15)28(26,27)18-11-9-17(10-12-18)21(25)22-20-8-4-3-7-19(20)16(2)24/h3-4,7-12,15H,5-6,13-14H2,1-2H3,(H,22,25)/t15-/m1/s1. The van der Waals surface area contributed by atoms with Gasteiger partial charge in [0.05, 0.1) is 10.6 Å². The number of nitrogens with zero attached hydrogens (tertiary/aromatic N) is 1. The Labute approximate surface area is 165 Å². The van der Waals surface area contributed by atoms with Crippen molar-refractivity contribution in [3.8, 4) is 0 Å². The third kappa shape index (κ3) is 4.31. The smallest absolute Gasteiger partial charge is 0.255 e. The lowest BCUT2D eigenvalue weighted by molar-refractivity contribution is 0.101. The van der Waals surface area contributed by atoms with Crippen molar-refractivity contribution in [3.63, 3.8) is 0 Å². The van der Waals surface area contributed by atoms with Crippen molar-refractivity contribution in [1.29, 1.82) is 0 Å². The molecule has 1 heterocycles. The normalized spacial score (nSPS) is 17.9. The number of Topliss-reactive ketones (excluding diaryl/α,β-unsaturated/α-hetero) is 1. The fourth-order valence-corrected chi connectivity index (χ4v) is 4.98. The van der Waals surface area contributed by atoms with E-state index in [4.69, 9.17) is 0 Å². The van der Waals surface area contributed by atoms with Gasteiger partial charge in [-0.3, -0.25) is 9.59 Å². The second-order valence-corrected chi connectivity index (χ2v) is 9.13. The van der Waals surface area contributed by atoms with Crippen molar-refractivity contribution in [2.45, 2.75) is 31.6 Å². The molecule has 0 bridgehead atoms. The molecule has 1 atom stereocenters. The average molecular weight is 401 g/mol. The van der Waals surface area contributed by atoms with Gasteiger partial charge in [0.25, 0.3) is 5.91 Å². The molecular weight excluding hydrogens is 376 g/mol. The molecule has 1 saturated heterocycles. The highest BCUT2D eigenvalue weighted by Gasteiger charge is 2.28. The van der Waals surface area contributed by atoms with Crippen LogP contribution in [0, 0.1) is 5.92 Å². The summed E-state index contributed by atoms with van der Waals surface area (Å²) in [6, 6.07) is 12.7. The second kappa shape index (κ2) is 8.24. The highest BCUT2D eigenvalue weighted by atomic mass is 32.2. The molecule has 1 fully saturated rings. The first-order valence-corrected chi connectivity index (χ1v) is 10.7. The van der Waals surface area contributed by atoms with Crippen LogP contribution < -0.4 is 5.32 Å². The highest BCUT2D eigenvalue weighted by molar-refractivity contribution is 7.89. The number of anilines is 1. The van der Waals surface area contributed by atoms with E-state index in [0.29, 0.717) is 35.8 Å². The van der Waals surface area contributed by atoms with Crippen LogP contribution in [0.15, 0.2) is 53.4 Å². The molecule has 2 aromatic carbocycles. The number of ketones is 1. The maximum atomic E-state index is 12.8. The maximum Gasteiger partial charge on any atom is 0.255 e. The molecule has 6 nitrogen and oxygen atoms in total. The molecule has 0 radical (unpaired) electrons. The molecule has 1 amide bonds. The SMILES string of the molecule is CC(=O)c1ccccc1NC(=O)c1ccc(S(=O)(=O)N2CCC[C@@H](C)C2)cc1. The van der Waals surface area contributed by atoms with Gasteiger partial charge in [0.1, 0.15) is 0 Å². The number of rotatable bonds is 5. The van der Waals surface area contributed by atoms with Gasteiger partial charge in [0.2, 0.25) is 10.0 Å². The van der Waals surface area contributed by atoms with E-state index >= 15 is 0 Å². The number of benzene rings is 2. The van der Waals surface area contributed by atoms with Gasteiger partial charge in [-0.25, -0.2) is 8.42 Å². The molecule has 3 rings (SSSR count). The summed E-state index contributed by atoms with van der Waals surface area (Å²) in [4.78, 5) is 24.4. The van der Waals surface area contributed by atoms with Crippen molar-refractivity contribution in [1.82, 2.24) is 4.31 Å². The first-order valence-electron chi connectivity index (χ1n) is 9.30. The Morgan fingerprint density at radius 3 is 2.39 bits per heavy atom. The largest absolute Gasteiger partial charge is 0.321 e. The molecule has 1 aliphatic heterocycles. The Morgan fingerprint density at radius 2 is 1.75 bits per heavy atom. The van der Waals surface area contributed by atoms with Gasteiger partial charge in [-0.05, 0) is 62.1 Å².